The summed E-state index contributed by atoms with van der Waals surface area (Å²) in [5, 5.41) is 2.71. The molecule has 0 radical (unpaired) electrons. The number of aldehydes is 1. The number of nitrogens with zero attached hydrogens (tertiary/aromatic N) is 2. The molecule has 1 aliphatic carbocycles. The van der Waals surface area contributed by atoms with Crippen LogP contribution in [0.15, 0.2) is 18.2 Å². The number of cyclic esters (lactones) is 1. The highest BCUT2D eigenvalue weighted by atomic mass is 19.1. The number of morpholine rings is 1. The summed E-state index contributed by atoms with van der Waals surface area (Å²) in [7, 11) is 0. The molecule has 4 rings (SSSR count). The number of hydrogen-bond acceptors (Lipinski definition) is 6. The molecule has 2 amide bonds. The predicted octanol–water partition coefficient (Wildman–Crippen LogP) is 0.939. The van der Waals surface area contributed by atoms with E-state index < -0.39 is 18.0 Å². The fourth-order valence-corrected chi connectivity index (χ4v) is 3.58. The summed E-state index contributed by atoms with van der Waals surface area (Å²) < 4.78 is 25.1. The van der Waals surface area contributed by atoms with Gasteiger partial charge >= 0.3 is 6.09 Å². The number of amides is 2. The Morgan fingerprint density at radius 3 is 2.79 bits per heavy atom. The number of hydrogen-bond donors (Lipinski definition) is 1. The van der Waals surface area contributed by atoms with E-state index in [1.54, 1.807) is 12.1 Å². The second-order valence-corrected chi connectivity index (χ2v) is 7.24. The average Bonchev–Trinajstić information content (AvgIpc) is 3.41. The molecule has 3 fully saturated rings. The predicted molar refractivity (Wildman–Crippen MR) is 97.7 cm³/mol. The molecule has 3 aliphatic rings. The van der Waals surface area contributed by atoms with Gasteiger partial charge in [0, 0.05) is 24.9 Å². The SMILES string of the molecule is O=CC1CC1C(=O)NC[C@H]1CN(c2ccc(N3CCOCC3)c(F)c2)C(=O)O1. The van der Waals surface area contributed by atoms with Crippen molar-refractivity contribution in [3.8, 4) is 0 Å². The molecule has 1 N–H and O–H groups in total. The summed E-state index contributed by atoms with van der Waals surface area (Å²) in [6, 6.07) is 4.67. The van der Waals surface area contributed by atoms with Crippen LogP contribution in [0, 0.1) is 17.7 Å². The third-order valence-electron chi connectivity index (χ3n) is 5.32. The second kappa shape index (κ2) is 7.75. The van der Waals surface area contributed by atoms with Gasteiger partial charge in [0.2, 0.25) is 5.91 Å². The lowest BCUT2D eigenvalue weighted by Crippen LogP contribution is -2.37. The summed E-state index contributed by atoms with van der Waals surface area (Å²) in [6.07, 6.45) is 0.263. The fourth-order valence-electron chi connectivity index (χ4n) is 3.58. The quantitative estimate of drug-likeness (QED) is 0.726. The van der Waals surface area contributed by atoms with Gasteiger partial charge in [-0.1, -0.05) is 0 Å². The van der Waals surface area contributed by atoms with Crippen LogP contribution in [-0.2, 0) is 19.1 Å². The van der Waals surface area contributed by atoms with E-state index in [2.05, 4.69) is 5.32 Å². The van der Waals surface area contributed by atoms with Crippen molar-refractivity contribution in [3.63, 3.8) is 0 Å². The zero-order valence-corrected chi connectivity index (χ0v) is 15.3. The van der Waals surface area contributed by atoms with Gasteiger partial charge in [0.05, 0.1) is 37.7 Å². The average molecular weight is 391 g/mol. The first-order valence-corrected chi connectivity index (χ1v) is 9.40. The lowest BCUT2D eigenvalue weighted by molar-refractivity contribution is -0.124. The van der Waals surface area contributed by atoms with Gasteiger partial charge in [0.15, 0.2) is 0 Å². The number of ether oxygens (including phenoxy) is 2. The largest absolute Gasteiger partial charge is 0.442 e. The fraction of sp³-hybridized carbons (Fsp3) is 0.526. The minimum absolute atomic E-state index is 0.164. The van der Waals surface area contributed by atoms with E-state index in [1.165, 1.54) is 11.0 Å². The van der Waals surface area contributed by atoms with Crippen molar-refractivity contribution in [3.05, 3.63) is 24.0 Å². The molecule has 0 bridgehead atoms. The zero-order chi connectivity index (χ0) is 19.7. The van der Waals surface area contributed by atoms with E-state index in [9.17, 15) is 18.8 Å². The summed E-state index contributed by atoms with van der Waals surface area (Å²) >= 11 is 0. The Hall–Kier alpha value is -2.68. The highest BCUT2D eigenvalue weighted by Gasteiger charge is 2.43. The Labute approximate surface area is 161 Å². The maximum atomic E-state index is 14.6. The zero-order valence-electron chi connectivity index (χ0n) is 15.3. The molecule has 2 heterocycles. The molecule has 2 saturated heterocycles. The maximum absolute atomic E-state index is 14.6. The Bertz CT molecular complexity index is 783. The van der Waals surface area contributed by atoms with Gasteiger partial charge in [-0.3, -0.25) is 9.69 Å². The van der Waals surface area contributed by atoms with Gasteiger partial charge in [0.25, 0.3) is 0 Å². The molecule has 0 aromatic heterocycles. The Morgan fingerprint density at radius 2 is 2.11 bits per heavy atom. The maximum Gasteiger partial charge on any atom is 0.414 e. The van der Waals surface area contributed by atoms with Crippen LogP contribution < -0.4 is 15.1 Å². The molecule has 9 heteroatoms. The summed E-state index contributed by atoms with van der Waals surface area (Å²) in [5.74, 6) is -1.08. The lowest BCUT2D eigenvalue weighted by atomic mass is 10.2. The normalized spacial score (nSPS) is 26.8. The van der Waals surface area contributed by atoms with Gasteiger partial charge in [-0.05, 0) is 24.6 Å². The van der Waals surface area contributed by atoms with Crippen LogP contribution in [0.1, 0.15) is 6.42 Å². The van der Waals surface area contributed by atoms with Crippen molar-refractivity contribution >= 4 is 29.7 Å². The van der Waals surface area contributed by atoms with Crippen molar-refractivity contribution in [2.75, 3.05) is 49.2 Å². The molecule has 8 nitrogen and oxygen atoms in total. The number of carbonyl (C=O) groups excluding carboxylic acids is 3. The Kier molecular flexibility index (Phi) is 5.17. The van der Waals surface area contributed by atoms with Gasteiger partial charge < -0.3 is 24.5 Å². The van der Waals surface area contributed by atoms with Gasteiger partial charge in [-0.2, -0.15) is 0 Å². The van der Waals surface area contributed by atoms with E-state index in [1.807, 2.05) is 4.90 Å². The van der Waals surface area contributed by atoms with E-state index in [-0.39, 0.29) is 30.8 Å². The monoisotopic (exact) mass is 391 g/mol. The van der Waals surface area contributed by atoms with Crippen LogP contribution in [0.4, 0.5) is 20.6 Å². The minimum atomic E-state index is -0.574. The standard InChI is InChI=1S/C19H22FN3O5/c20-16-8-13(1-2-17(16)22-3-5-27-6-4-22)23-10-14(28-19(23)26)9-21-18(25)15-7-12(15)11-24/h1-2,8,11-12,14-15H,3-7,9-10H2,(H,21,25)/t12?,14-,15?/m0/s1. The van der Waals surface area contributed by atoms with Crippen LogP contribution in [0.25, 0.3) is 0 Å². The van der Waals surface area contributed by atoms with E-state index in [0.29, 0.717) is 44.1 Å². The summed E-state index contributed by atoms with van der Waals surface area (Å²) in [5.41, 5.74) is 0.897. The van der Waals surface area contributed by atoms with Crippen LogP contribution in [0.2, 0.25) is 0 Å². The van der Waals surface area contributed by atoms with Crippen LogP contribution in [0.3, 0.4) is 0 Å². The molecule has 1 aromatic carbocycles. The number of nitrogens with one attached hydrogen (secondary N) is 1. The molecule has 3 atom stereocenters. The third kappa shape index (κ3) is 3.80. The lowest BCUT2D eigenvalue weighted by Gasteiger charge is -2.29. The minimum Gasteiger partial charge on any atom is -0.442 e. The second-order valence-electron chi connectivity index (χ2n) is 7.24. The topological polar surface area (TPSA) is 88.2 Å². The molecule has 0 spiro atoms. The number of carbonyl (C=O) groups is 3. The van der Waals surface area contributed by atoms with Crippen molar-refractivity contribution in [2.24, 2.45) is 11.8 Å². The first-order chi connectivity index (χ1) is 13.6. The van der Waals surface area contributed by atoms with Crippen molar-refractivity contribution in [1.29, 1.82) is 0 Å². The van der Waals surface area contributed by atoms with E-state index in [0.717, 1.165) is 6.29 Å². The van der Waals surface area contributed by atoms with Gasteiger partial charge in [0.1, 0.15) is 18.2 Å². The molecule has 150 valence electrons. The molecule has 1 aromatic rings. The van der Waals surface area contributed by atoms with Crippen molar-refractivity contribution in [2.45, 2.75) is 12.5 Å². The van der Waals surface area contributed by atoms with Crippen LogP contribution >= 0.6 is 0 Å². The van der Waals surface area contributed by atoms with E-state index >= 15 is 0 Å². The summed E-state index contributed by atoms with van der Waals surface area (Å²) in [4.78, 5) is 38.0. The smallest absolute Gasteiger partial charge is 0.414 e. The molecular weight excluding hydrogens is 369 g/mol. The number of rotatable bonds is 6. The number of benzene rings is 1. The van der Waals surface area contributed by atoms with Gasteiger partial charge in [-0.25, -0.2) is 9.18 Å². The molecular formula is C19H22FN3O5. The molecule has 2 unspecified atom stereocenters. The Balaban J connectivity index is 1.35. The Morgan fingerprint density at radius 1 is 1.32 bits per heavy atom. The third-order valence-corrected chi connectivity index (χ3v) is 5.32. The van der Waals surface area contributed by atoms with E-state index in [4.69, 9.17) is 9.47 Å². The highest BCUT2D eigenvalue weighted by Crippen LogP contribution is 2.36. The molecule has 1 saturated carbocycles. The van der Waals surface area contributed by atoms with Gasteiger partial charge in [-0.15, -0.1) is 0 Å². The van der Waals surface area contributed by atoms with Crippen molar-refractivity contribution in [1.82, 2.24) is 5.32 Å². The number of halogens is 1. The first kappa shape index (κ1) is 18.7. The number of anilines is 2. The van der Waals surface area contributed by atoms with Crippen LogP contribution in [-0.4, -0.2) is 63.8 Å². The highest BCUT2D eigenvalue weighted by molar-refractivity contribution is 5.90. The van der Waals surface area contributed by atoms with Crippen LogP contribution in [0.5, 0.6) is 0 Å². The molecule has 2 aliphatic heterocycles. The first-order valence-electron chi connectivity index (χ1n) is 9.40. The molecule has 28 heavy (non-hydrogen) atoms. The van der Waals surface area contributed by atoms with Crippen molar-refractivity contribution < 1.29 is 28.2 Å². The summed E-state index contributed by atoms with van der Waals surface area (Å²) in [6.45, 7) is 2.74.